The number of nitrogens with two attached hydrogens (primary N) is 1. The third-order valence-corrected chi connectivity index (χ3v) is 3.77. The van der Waals surface area contributed by atoms with Crippen LogP contribution in [0.4, 0.5) is 10.1 Å². The van der Waals surface area contributed by atoms with Crippen molar-refractivity contribution in [2.24, 2.45) is 11.7 Å². The largest absolute Gasteiger partial charge is 0.320 e. The fourth-order valence-corrected chi connectivity index (χ4v) is 2.94. The second-order valence-electron chi connectivity index (χ2n) is 4.48. The summed E-state index contributed by atoms with van der Waals surface area (Å²) < 4.78 is 39.3. The molecular formula is C13H17FN2O2S. The van der Waals surface area contributed by atoms with E-state index in [-0.39, 0.29) is 23.8 Å². The van der Waals surface area contributed by atoms with Crippen LogP contribution >= 0.6 is 0 Å². The third kappa shape index (κ3) is 5.28. The minimum Gasteiger partial charge on any atom is -0.320 e. The molecule has 0 radical (unpaired) electrons. The maximum absolute atomic E-state index is 13.4. The molecule has 0 aromatic heterocycles. The fraction of sp³-hybridized carbons (Fsp3) is 0.385. The van der Waals surface area contributed by atoms with Gasteiger partial charge in [0.25, 0.3) is 0 Å². The predicted octanol–water partition coefficient (Wildman–Crippen LogP) is 1.53. The summed E-state index contributed by atoms with van der Waals surface area (Å²) in [6.45, 7) is 3.73. The molecule has 3 N–H and O–H groups in total. The molecule has 0 saturated heterocycles. The first-order chi connectivity index (χ1) is 8.84. The molecule has 0 aliphatic carbocycles. The molecule has 0 saturated carbocycles. The van der Waals surface area contributed by atoms with Crippen LogP contribution in [0.2, 0.25) is 0 Å². The van der Waals surface area contributed by atoms with E-state index in [1.807, 2.05) is 13.8 Å². The predicted molar refractivity (Wildman–Crippen MR) is 74.6 cm³/mol. The van der Waals surface area contributed by atoms with E-state index >= 15 is 0 Å². The van der Waals surface area contributed by atoms with Gasteiger partial charge in [-0.05, 0) is 24.1 Å². The van der Waals surface area contributed by atoms with Crippen LogP contribution in [-0.2, 0) is 10.0 Å². The molecule has 0 aliphatic rings. The zero-order valence-electron chi connectivity index (χ0n) is 10.9. The summed E-state index contributed by atoms with van der Waals surface area (Å²) >= 11 is 0. The molecule has 1 aromatic rings. The van der Waals surface area contributed by atoms with Gasteiger partial charge in [0.2, 0.25) is 10.0 Å². The van der Waals surface area contributed by atoms with E-state index in [1.54, 1.807) is 0 Å². The Morgan fingerprint density at radius 3 is 2.68 bits per heavy atom. The first-order valence-electron chi connectivity index (χ1n) is 5.83. The quantitative estimate of drug-likeness (QED) is 0.824. The molecule has 0 aliphatic heterocycles. The SMILES string of the molecule is CC(C)CS(=O)(=O)Nc1ccc(F)c(C#CCN)c1. The second kappa shape index (κ2) is 6.55. The van der Waals surface area contributed by atoms with Gasteiger partial charge in [-0.2, -0.15) is 0 Å². The summed E-state index contributed by atoms with van der Waals surface area (Å²) in [5.74, 6) is 4.59. The van der Waals surface area contributed by atoms with E-state index in [1.165, 1.54) is 18.2 Å². The summed E-state index contributed by atoms with van der Waals surface area (Å²) in [5, 5.41) is 0. The molecule has 1 aromatic carbocycles. The highest BCUT2D eigenvalue weighted by Gasteiger charge is 2.13. The number of benzene rings is 1. The molecule has 104 valence electrons. The molecule has 0 fully saturated rings. The molecule has 0 spiro atoms. The van der Waals surface area contributed by atoms with Gasteiger partial charge in [-0.25, -0.2) is 12.8 Å². The molecule has 19 heavy (non-hydrogen) atoms. The van der Waals surface area contributed by atoms with Crippen LogP contribution in [0.25, 0.3) is 0 Å². The summed E-state index contributed by atoms with van der Waals surface area (Å²) in [4.78, 5) is 0. The summed E-state index contributed by atoms with van der Waals surface area (Å²) in [6, 6.07) is 3.89. The monoisotopic (exact) mass is 284 g/mol. The van der Waals surface area contributed by atoms with Crippen LogP contribution < -0.4 is 10.5 Å². The Morgan fingerprint density at radius 2 is 2.11 bits per heavy atom. The van der Waals surface area contributed by atoms with E-state index in [0.29, 0.717) is 5.69 Å². The Hall–Kier alpha value is -1.58. The number of hydrogen-bond acceptors (Lipinski definition) is 3. The second-order valence-corrected chi connectivity index (χ2v) is 6.24. The van der Waals surface area contributed by atoms with Crippen molar-refractivity contribution in [3.05, 3.63) is 29.6 Å². The lowest BCUT2D eigenvalue weighted by Crippen LogP contribution is -2.20. The van der Waals surface area contributed by atoms with E-state index in [9.17, 15) is 12.8 Å². The zero-order valence-corrected chi connectivity index (χ0v) is 11.7. The maximum Gasteiger partial charge on any atom is 0.232 e. The molecule has 4 nitrogen and oxygen atoms in total. The average Bonchev–Trinajstić information content (AvgIpc) is 2.27. The van der Waals surface area contributed by atoms with Crippen molar-refractivity contribution in [1.82, 2.24) is 0 Å². The Morgan fingerprint density at radius 1 is 1.42 bits per heavy atom. The Bertz CT molecular complexity index is 601. The fourth-order valence-electron chi connectivity index (χ4n) is 1.49. The van der Waals surface area contributed by atoms with Gasteiger partial charge >= 0.3 is 0 Å². The smallest absolute Gasteiger partial charge is 0.232 e. The number of halogens is 1. The Kier molecular flexibility index (Phi) is 5.33. The van der Waals surface area contributed by atoms with Gasteiger partial charge in [-0.3, -0.25) is 4.72 Å². The third-order valence-electron chi connectivity index (χ3n) is 2.12. The highest BCUT2D eigenvalue weighted by molar-refractivity contribution is 7.92. The molecule has 0 bridgehead atoms. The molecule has 6 heteroatoms. The first kappa shape index (κ1) is 15.5. The van der Waals surface area contributed by atoms with Crippen molar-refractivity contribution >= 4 is 15.7 Å². The lowest BCUT2D eigenvalue weighted by molar-refractivity contribution is 0.587. The van der Waals surface area contributed by atoms with Crippen LogP contribution in [0.5, 0.6) is 0 Å². The topological polar surface area (TPSA) is 72.2 Å². The minimum absolute atomic E-state index is 0.00812. The van der Waals surface area contributed by atoms with E-state index in [2.05, 4.69) is 16.6 Å². The number of anilines is 1. The van der Waals surface area contributed by atoms with Gasteiger partial charge in [0.1, 0.15) is 5.82 Å². The average molecular weight is 284 g/mol. The normalized spacial score (nSPS) is 11.0. The lowest BCUT2D eigenvalue weighted by atomic mass is 10.2. The molecule has 0 unspecified atom stereocenters. The standard InChI is InChI=1S/C13H17FN2O2S/c1-10(2)9-19(17,18)16-12-5-6-13(14)11(8-12)4-3-7-15/h5-6,8,10,16H,7,9,15H2,1-2H3. The summed E-state index contributed by atoms with van der Waals surface area (Å²) in [5.41, 5.74) is 5.63. The number of sulfonamides is 1. The summed E-state index contributed by atoms with van der Waals surface area (Å²) in [6.07, 6.45) is 0. The van der Waals surface area contributed by atoms with Crippen molar-refractivity contribution in [3.63, 3.8) is 0 Å². The molecule has 0 atom stereocenters. The van der Waals surface area contributed by atoms with Crippen LogP contribution in [-0.4, -0.2) is 20.7 Å². The highest BCUT2D eigenvalue weighted by atomic mass is 32.2. The van der Waals surface area contributed by atoms with E-state index in [4.69, 9.17) is 5.73 Å². The van der Waals surface area contributed by atoms with Crippen molar-refractivity contribution in [1.29, 1.82) is 0 Å². The maximum atomic E-state index is 13.4. The van der Waals surface area contributed by atoms with Gasteiger partial charge in [0.15, 0.2) is 0 Å². The van der Waals surface area contributed by atoms with Crippen LogP contribution in [0.15, 0.2) is 18.2 Å². The van der Waals surface area contributed by atoms with Crippen molar-refractivity contribution in [2.75, 3.05) is 17.0 Å². The van der Waals surface area contributed by atoms with Gasteiger partial charge in [0, 0.05) is 5.69 Å². The number of hydrogen-bond donors (Lipinski definition) is 2. The van der Waals surface area contributed by atoms with Gasteiger partial charge < -0.3 is 5.73 Å². The van der Waals surface area contributed by atoms with Crippen molar-refractivity contribution in [2.45, 2.75) is 13.8 Å². The van der Waals surface area contributed by atoms with Crippen LogP contribution in [0.3, 0.4) is 0 Å². The first-order valence-corrected chi connectivity index (χ1v) is 7.48. The Balaban J connectivity index is 2.97. The molecule has 0 amide bonds. The van der Waals surface area contributed by atoms with Gasteiger partial charge in [0.05, 0.1) is 17.9 Å². The zero-order chi connectivity index (χ0) is 14.5. The number of rotatable bonds is 4. The van der Waals surface area contributed by atoms with Crippen LogP contribution in [0, 0.1) is 23.6 Å². The van der Waals surface area contributed by atoms with E-state index in [0.717, 1.165) is 0 Å². The number of nitrogens with one attached hydrogen (secondary N) is 1. The van der Waals surface area contributed by atoms with Crippen molar-refractivity contribution in [3.8, 4) is 11.8 Å². The van der Waals surface area contributed by atoms with Gasteiger partial charge in [-0.1, -0.05) is 25.7 Å². The molecular weight excluding hydrogens is 267 g/mol. The van der Waals surface area contributed by atoms with Crippen LogP contribution in [0.1, 0.15) is 19.4 Å². The molecule has 0 heterocycles. The molecule has 1 rings (SSSR count). The lowest BCUT2D eigenvalue weighted by Gasteiger charge is -2.10. The summed E-state index contributed by atoms with van der Waals surface area (Å²) in [7, 11) is -3.43. The van der Waals surface area contributed by atoms with E-state index < -0.39 is 15.8 Å². The van der Waals surface area contributed by atoms with Gasteiger partial charge in [-0.15, -0.1) is 0 Å². The van der Waals surface area contributed by atoms with Crippen molar-refractivity contribution < 1.29 is 12.8 Å². The Labute approximate surface area is 113 Å². The minimum atomic E-state index is -3.43. The highest BCUT2D eigenvalue weighted by Crippen LogP contribution is 2.16.